The van der Waals surface area contributed by atoms with Crippen molar-refractivity contribution in [3.63, 3.8) is 0 Å². The molecule has 0 radical (unpaired) electrons. The van der Waals surface area contributed by atoms with Crippen molar-refractivity contribution in [3.8, 4) is 0 Å². The fourth-order valence-electron chi connectivity index (χ4n) is 1.63. The second kappa shape index (κ2) is 5.12. The maximum atomic E-state index is 12.2. The fourth-order valence-corrected chi connectivity index (χ4v) is 2.05. The lowest BCUT2D eigenvalue weighted by atomic mass is 10.2. The molecule has 5 nitrogen and oxygen atoms in total. The molecule has 0 atom stereocenters. The summed E-state index contributed by atoms with van der Waals surface area (Å²) in [7, 11) is 0. The number of aliphatic carboxylic acids is 1. The van der Waals surface area contributed by atoms with Gasteiger partial charge in [0.15, 0.2) is 0 Å². The Balaban J connectivity index is 2.24. The highest BCUT2D eigenvalue weighted by atomic mass is 35.5. The number of carboxylic acid groups (broad SMARTS) is 1. The SMILES string of the molecule is O=C(O)CN(C(=O)c1ccc(Cl)nc1Cl)C1CC1. The van der Waals surface area contributed by atoms with Crippen molar-refractivity contribution in [2.75, 3.05) is 6.54 Å². The highest BCUT2D eigenvalue weighted by Crippen LogP contribution is 2.29. The van der Waals surface area contributed by atoms with Crippen LogP contribution in [0.25, 0.3) is 0 Å². The van der Waals surface area contributed by atoms with Crippen LogP contribution in [0.5, 0.6) is 0 Å². The van der Waals surface area contributed by atoms with Gasteiger partial charge in [-0.25, -0.2) is 4.98 Å². The summed E-state index contributed by atoms with van der Waals surface area (Å²) < 4.78 is 0. The summed E-state index contributed by atoms with van der Waals surface area (Å²) in [5.74, 6) is -1.47. The van der Waals surface area contributed by atoms with Crippen molar-refractivity contribution < 1.29 is 14.7 Å². The predicted molar refractivity (Wildman–Crippen MR) is 66.0 cm³/mol. The molecule has 1 N–H and O–H groups in total. The summed E-state index contributed by atoms with van der Waals surface area (Å²) >= 11 is 11.5. The van der Waals surface area contributed by atoms with Crippen molar-refractivity contribution in [2.45, 2.75) is 18.9 Å². The minimum Gasteiger partial charge on any atom is -0.480 e. The third-order valence-electron chi connectivity index (χ3n) is 2.60. The molecule has 0 aliphatic heterocycles. The maximum Gasteiger partial charge on any atom is 0.323 e. The van der Waals surface area contributed by atoms with Gasteiger partial charge in [0.1, 0.15) is 16.9 Å². The molecule has 1 aliphatic rings. The molecule has 0 unspecified atom stereocenters. The number of carbonyl (C=O) groups is 2. The number of amides is 1. The molecule has 0 bridgehead atoms. The summed E-state index contributed by atoms with van der Waals surface area (Å²) in [6, 6.07) is 2.89. The third kappa shape index (κ3) is 2.91. The van der Waals surface area contributed by atoms with Gasteiger partial charge in [-0.15, -0.1) is 0 Å². The zero-order valence-corrected chi connectivity index (χ0v) is 10.8. The number of carboxylic acids is 1. The normalized spacial score (nSPS) is 14.3. The first kappa shape index (κ1) is 13.1. The van der Waals surface area contributed by atoms with E-state index in [9.17, 15) is 9.59 Å². The van der Waals surface area contributed by atoms with E-state index in [4.69, 9.17) is 28.3 Å². The molecule has 0 spiro atoms. The van der Waals surface area contributed by atoms with Crippen LogP contribution in [0.3, 0.4) is 0 Å². The van der Waals surface area contributed by atoms with Crippen LogP contribution in [0, 0.1) is 0 Å². The predicted octanol–water partition coefficient (Wildman–Crippen LogP) is 2.08. The average Bonchev–Trinajstić information content (AvgIpc) is 3.08. The molecule has 1 heterocycles. The summed E-state index contributed by atoms with van der Waals surface area (Å²) in [6.07, 6.45) is 1.63. The van der Waals surface area contributed by atoms with Crippen LogP contribution in [-0.2, 0) is 4.79 Å². The van der Waals surface area contributed by atoms with E-state index < -0.39 is 11.9 Å². The van der Waals surface area contributed by atoms with Gasteiger partial charge in [0.05, 0.1) is 5.56 Å². The van der Waals surface area contributed by atoms with E-state index in [0.29, 0.717) is 0 Å². The van der Waals surface area contributed by atoms with E-state index >= 15 is 0 Å². The van der Waals surface area contributed by atoms with E-state index in [0.717, 1.165) is 12.8 Å². The van der Waals surface area contributed by atoms with Crippen LogP contribution in [0.4, 0.5) is 0 Å². The number of halogens is 2. The Morgan fingerprint density at radius 1 is 1.39 bits per heavy atom. The van der Waals surface area contributed by atoms with Gasteiger partial charge >= 0.3 is 5.97 Å². The van der Waals surface area contributed by atoms with Gasteiger partial charge in [-0.2, -0.15) is 0 Å². The molecule has 1 saturated carbocycles. The first-order chi connectivity index (χ1) is 8.49. The van der Waals surface area contributed by atoms with Gasteiger partial charge in [0.2, 0.25) is 0 Å². The molecule has 1 amide bonds. The van der Waals surface area contributed by atoms with Gasteiger partial charge in [0, 0.05) is 6.04 Å². The molecule has 1 aromatic rings. The van der Waals surface area contributed by atoms with E-state index in [1.54, 1.807) is 0 Å². The van der Waals surface area contributed by atoms with Crippen LogP contribution < -0.4 is 0 Å². The van der Waals surface area contributed by atoms with Crippen molar-refractivity contribution in [2.24, 2.45) is 0 Å². The van der Waals surface area contributed by atoms with Crippen molar-refractivity contribution in [1.29, 1.82) is 0 Å². The molecule has 1 aliphatic carbocycles. The molecule has 2 rings (SSSR count). The topological polar surface area (TPSA) is 70.5 Å². The summed E-state index contributed by atoms with van der Waals surface area (Å²) in [6.45, 7) is -0.331. The van der Waals surface area contributed by atoms with Gasteiger partial charge in [-0.3, -0.25) is 9.59 Å². The second-order valence-corrected chi connectivity index (χ2v) is 4.78. The molecule has 0 saturated heterocycles. The highest BCUT2D eigenvalue weighted by molar-refractivity contribution is 6.34. The highest BCUT2D eigenvalue weighted by Gasteiger charge is 2.35. The minimum absolute atomic E-state index is 0.0106. The fraction of sp³-hybridized carbons (Fsp3) is 0.364. The smallest absolute Gasteiger partial charge is 0.323 e. The third-order valence-corrected chi connectivity index (χ3v) is 3.10. The first-order valence-corrected chi connectivity index (χ1v) is 6.09. The minimum atomic E-state index is -1.05. The van der Waals surface area contributed by atoms with Crippen LogP contribution in [0.2, 0.25) is 10.3 Å². The molecule has 1 aromatic heterocycles. The number of carbonyl (C=O) groups excluding carboxylic acids is 1. The number of rotatable bonds is 4. The van der Waals surface area contributed by atoms with Crippen LogP contribution >= 0.6 is 23.2 Å². The first-order valence-electron chi connectivity index (χ1n) is 5.34. The Morgan fingerprint density at radius 3 is 2.56 bits per heavy atom. The average molecular weight is 289 g/mol. The van der Waals surface area contributed by atoms with Crippen molar-refractivity contribution >= 4 is 35.1 Å². The molecular formula is C11H10Cl2N2O3. The Bertz CT molecular complexity index is 503. The van der Waals surface area contributed by atoms with Crippen molar-refractivity contribution in [3.05, 3.63) is 28.0 Å². The molecule has 7 heteroatoms. The zero-order chi connectivity index (χ0) is 13.3. The van der Waals surface area contributed by atoms with Gasteiger partial charge in [0.25, 0.3) is 5.91 Å². The molecule has 1 fully saturated rings. The van der Waals surface area contributed by atoms with Gasteiger partial charge in [-0.1, -0.05) is 23.2 Å². The summed E-state index contributed by atoms with van der Waals surface area (Å²) in [5.41, 5.74) is 0.175. The lowest BCUT2D eigenvalue weighted by Gasteiger charge is -2.20. The summed E-state index contributed by atoms with van der Waals surface area (Å²) in [5, 5.41) is 8.98. The zero-order valence-electron chi connectivity index (χ0n) is 9.27. The Kier molecular flexibility index (Phi) is 3.73. The van der Waals surface area contributed by atoms with E-state index in [1.165, 1.54) is 17.0 Å². The van der Waals surface area contributed by atoms with Crippen LogP contribution in [0.1, 0.15) is 23.2 Å². The number of aromatic nitrogens is 1. The Morgan fingerprint density at radius 2 is 2.06 bits per heavy atom. The van der Waals surface area contributed by atoms with Gasteiger partial charge < -0.3 is 10.0 Å². The number of nitrogens with zero attached hydrogens (tertiary/aromatic N) is 2. The number of hydrogen-bond acceptors (Lipinski definition) is 3. The largest absolute Gasteiger partial charge is 0.480 e. The second-order valence-electron chi connectivity index (χ2n) is 4.03. The lowest BCUT2D eigenvalue weighted by molar-refractivity contribution is -0.137. The van der Waals surface area contributed by atoms with E-state index in [2.05, 4.69) is 4.98 Å². The standard InChI is InChI=1S/C11H10Cl2N2O3/c12-8-4-3-7(10(13)14-8)11(18)15(5-9(16)17)6-1-2-6/h3-4,6H,1-2,5H2,(H,16,17). The quantitative estimate of drug-likeness (QED) is 0.861. The number of hydrogen-bond donors (Lipinski definition) is 1. The lowest BCUT2D eigenvalue weighted by Crippen LogP contribution is -2.37. The molecule has 96 valence electrons. The van der Waals surface area contributed by atoms with E-state index in [1.807, 2.05) is 0 Å². The Hall–Kier alpha value is -1.33. The Labute approximate surface area is 113 Å². The maximum absolute atomic E-state index is 12.2. The molecule has 18 heavy (non-hydrogen) atoms. The van der Waals surface area contributed by atoms with Gasteiger partial charge in [-0.05, 0) is 25.0 Å². The molecular weight excluding hydrogens is 279 g/mol. The molecule has 0 aromatic carbocycles. The number of pyridine rings is 1. The van der Waals surface area contributed by atoms with Crippen molar-refractivity contribution in [1.82, 2.24) is 9.88 Å². The van der Waals surface area contributed by atoms with Crippen LogP contribution in [0.15, 0.2) is 12.1 Å². The monoisotopic (exact) mass is 288 g/mol. The van der Waals surface area contributed by atoms with E-state index in [-0.39, 0.29) is 28.5 Å². The summed E-state index contributed by atoms with van der Waals surface area (Å²) in [4.78, 5) is 28.0. The van der Waals surface area contributed by atoms with Crippen LogP contribution in [-0.4, -0.2) is 39.5 Å².